The molecule has 2 saturated carbocycles. The second kappa shape index (κ2) is 4.45. The standard InChI is InChI=1S/C12H23N/c1-10-2-6-12(7-3-10)13-9-8-11-4-5-11/h10-13H,2-9H2,1H3. The Morgan fingerprint density at radius 2 is 1.69 bits per heavy atom. The van der Waals surface area contributed by atoms with Crippen LogP contribution < -0.4 is 5.32 Å². The van der Waals surface area contributed by atoms with Gasteiger partial charge in [-0.2, -0.15) is 0 Å². The van der Waals surface area contributed by atoms with Gasteiger partial charge in [0.05, 0.1) is 0 Å². The van der Waals surface area contributed by atoms with Gasteiger partial charge >= 0.3 is 0 Å². The summed E-state index contributed by atoms with van der Waals surface area (Å²) in [5.74, 6) is 2.08. The van der Waals surface area contributed by atoms with E-state index in [9.17, 15) is 0 Å². The first-order chi connectivity index (χ1) is 6.34. The molecule has 2 fully saturated rings. The summed E-state index contributed by atoms with van der Waals surface area (Å²) in [6.07, 6.45) is 10.2. The van der Waals surface area contributed by atoms with Crippen molar-refractivity contribution in [2.24, 2.45) is 11.8 Å². The van der Waals surface area contributed by atoms with Crippen LogP contribution in [0.5, 0.6) is 0 Å². The second-order valence-corrected chi connectivity index (χ2v) is 5.14. The normalized spacial score (nSPS) is 34.8. The van der Waals surface area contributed by atoms with Crippen molar-refractivity contribution in [2.75, 3.05) is 6.54 Å². The lowest BCUT2D eigenvalue weighted by atomic mass is 9.87. The van der Waals surface area contributed by atoms with Crippen molar-refractivity contribution in [3.63, 3.8) is 0 Å². The minimum absolute atomic E-state index is 0.856. The molecule has 0 bridgehead atoms. The Kier molecular flexibility index (Phi) is 3.26. The summed E-state index contributed by atoms with van der Waals surface area (Å²) in [4.78, 5) is 0. The maximum absolute atomic E-state index is 3.71. The number of nitrogens with one attached hydrogen (secondary N) is 1. The lowest BCUT2D eigenvalue weighted by Crippen LogP contribution is -2.33. The minimum atomic E-state index is 0.856. The molecule has 2 aliphatic rings. The third-order valence-corrected chi connectivity index (χ3v) is 3.70. The van der Waals surface area contributed by atoms with Gasteiger partial charge in [-0.25, -0.2) is 0 Å². The molecule has 1 nitrogen and oxygen atoms in total. The van der Waals surface area contributed by atoms with Crippen molar-refractivity contribution in [3.05, 3.63) is 0 Å². The molecule has 0 aromatic rings. The molecule has 2 aliphatic carbocycles. The fourth-order valence-electron chi connectivity index (χ4n) is 2.36. The Labute approximate surface area is 82.3 Å². The highest BCUT2D eigenvalue weighted by molar-refractivity contribution is 4.78. The lowest BCUT2D eigenvalue weighted by Gasteiger charge is -2.27. The molecule has 0 aliphatic heterocycles. The van der Waals surface area contributed by atoms with Crippen molar-refractivity contribution in [1.82, 2.24) is 5.32 Å². The Hall–Kier alpha value is -0.0400. The van der Waals surface area contributed by atoms with Crippen molar-refractivity contribution >= 4 is 0 Å². The molecule has 0 heterocycles. The molecule has 0 aromatic heterocycles. The van der Waals surface area contributed by atoms with E-state index in [0.717, 1.165) is 17.9 Å². The van der Waals surface area contributed by atoms with E-state index in [-0.39, 0.29) is 0 Å². The topological polar surface area (TPSA) is 12.0 Å². The van der Waals surface area contributed by atoms with E-state index < -0.39 is 0 Å². The largest absolute Gasteiger partial charge is 0.314 e. The zero-order valence-electron chi connectivity index (χ0n) is 8.89. The quantitative estimate of drug-likeness (QED) is 0.703. The zero-order chi connectivity index (χ0) is 9.10. The molecule has 0 radical (unpaired) electrons. The summed E-state index contributed by atoms with van der Waals surface area (Å²) < 4.78 is 0. The van der Waals surface area contributed by atoms with Crippen LogP contribution in [0.15, 0.2) is 0 Å². The molecule has 1 heteroatoms. The molecule has 0 saturated heterocycles. The van der Waals surface area contributed by atoms with Crippen LogP contribution in [0.4, 0.5) is 0 Å². The summed E-state index contributed by atoms with van der Waals surface area (Å²) in [6.45, 7) is 3.67. The fourth-order valence-corrected chi connectivity index (χ4v) is 2.36. The van der Waals surface area contributed by atoms with Crippen LogP contribution in [-0.2, 0) is 0 Å². The molecular formula is C12H23N. The van der Waals surface area contributed by atoms with E-state index in [2.05, 4.69) is 12.2 Å². The SMILES string of the molecule is CC1CCC(NCCC2CC2)CC1. The summed E-state index contributed by atoms with van der Waals surface area (Å²) in [7, 11) is 0. The smallest absolute Gasteiger partial charge is 0.00672 e. The first kappa shape index (κ1) is 9.51. The maximum Gasteiger partial charge on any atom is 0.00672 e. The van der Waals surface area contributed by atoms with Crippen LogP contribution in [0, 0.1) is 11.8 Å². The van der Waals surface area contributed by atoms with E-state index >= 15 is 0 Å². The van der Waals surface area contributed by atoms with Gasteiger partial charge in [0.15, 0.2) is 0 Å². The van der Waals surface area contributed by atoms with E-state index in [1.54, 1.807) is 0 Å². The Bertz CT molecular complexity index is 143. The van der Waals surface area contributed by atoms with Gasteiger partial charge in [0.2, 0.25) is 0 Å². The first-order valence-electron chi connectivity index (χ1n) is 6.08. The van der Waals surface area contributed by atoms with E-state index in [1.807, 2.05) is 0 Å². The van der Waals surface area contributed by atoms with Gasteiger partial charge < -0.3 is 5.32 Å². The van der Waals surface area contributed by atoms with Crippen molar-refractivity contribution in [1.29, 1.82) is 0 Å². The third-order valence-electron chi connectivity index (χ3n) is 3.70. The molecule has 76 valence electrons. The summed E-state index contributed by atoms with van der Waals surface area (Å²) >= 11 is 0. The van der Waals surface area contributed by atoms with Crippen molar-refractivity contribution in [2.45, 2.75) is 57.9 Å². The average molecular weight is 181 g/mol. The Morgan fingerprint density at radius 1 is 1.00 bits per heavy atom. The molecule has 0 atom stereocenters. The molecular weight excluding hydrogens is 158 g/mol. The molecule has 0 amide bonds. The highest BCUT2D eigenvalue weighted by atomic mass is 14.9. The van der Waals surface area contributed by atoms with Gasteiger partial charge in [-0.3, -0.25) is 0 Å². The molecule has 0 spiro atoms. The third kappa shape index (κ3) is 3.30. The summed E-state index contributed by atoms with van der Waals surface area (Å²) in [5, 5.41) is 3.71. The lowest BCUT2D eigenvalue weighted by molar-refractivity contribution is 0.306. The number of hydrogen-bond donors (Lipinski definition) is 1. The van der Waals surface area contributed by atoms with Crippen LogP contribution in [0.1, 0.15) is 51.9 Å². The average Bonchev–Trinajstić information content (AvgIpc) is 2.92. The van der Waals surface area contributed by atoms with Crippen molar-refractivity contribution in [3.8, 4) is 0 Å². The molecule has 1 N–H and O–H groups in total. The van der Waals surface area contributed by atoms with Gasteiger partial charge in [-0.05, 0) is 50.5 Å². The number of rotatable bonds is 4. The summed E-state index contributed by atoms with van der Waals surface area (Å²) in [6, 6.07) is 0.856. The molecule has 0 aromatic carbocycles. The van der Waals surface area contributed by atoms with Gasteiger partial charge in [-0.1, -0.05) is 19.8 Å². The van der Waals surface area contributed by atoms with Crippen LogP contribution in [-0.4, -0.2) is 12.6 Å². The highest BCUT2D eigenvalue weighted by Crippen LogP contribution is 2.32. The van der Waals surface area contributed by atoms with Crippen LogP contribution in [0.25, 0.3) is 0 Å². The van der Waals surface area contributed by atoms with Gasteiger partial charge in [0.25, 0.3) is 0 Å². The van der Waals surface area contributed by atoms with Crippen LogP contribution >= 0.6 is 0 Å². The number of hydrogen-bond acceptors (Lipinski definition) is 1. The van der Waals surface area contributed by atoms with Crippen LogP contribution in [0.2, 0.25) is 0 Å². The zero-order valence-corrected chi connectivity index (χ0v) is 8.89. The first-order valence-corrected chi connectivity index (χ1v) is 6.08. The van der Waals surface area contributed by atoms with E-state index in [1.165, 1.54) is 51.5 Å². The molecule has 2 rings (SSSR count). The minimum Gasteiger partial charge on any atom is -0.314 e. The molecule has 0 unspecified atom stereocenters. The second-order valence-electron chi connectivity index (χ2n) is 5.14. The Morgan fingerprint density at radius 3 is 2.31 bits per heavy atom. The van der Waals surface area contributed by atoms with Crippen molar-refractivity contribution < 1.29 is 0 Å². The van der Waals surface area contributed by atoms with Crippen LogP contribution in [0.3, 0.4) is 0 Å². The molecule has 13 heavy (non-hydrogen) atoms. The van der Waals surface area contributed by atoms with E-state index in [0.29, 0.717) is 0 Å². The van der Waals surface area contributed by atoms with Gasteiger partial charge in [0.1, 0.15) is 0 Å². The monoisotopic (exact) mass is 181 g/mol. The predicted molar refractivity (Wildman–Crippen MR) is 56.8 cm³/mol. The van der Waals surface area contributed by atoms with Gasteiger partial charge in [0, 0.05) is 6.04 Å². The fraction of sp³-hybridized carbons (Fsp3) is 1.00. The highest BCUT2D eigenvalue weighted by Gasteiger charge is 2.22. The maximum atomic E-state index is 3.71. The van der Waals surface area contributed by atoms with Gasteiger partial charge in [-0.15, -0.1) is 0 Å². The Balaban J connectivity index is 1.53. The summed E-state index contributed by atoms with van der Waals surface area (Å²) in [5.41, 5.74) is 0. The predicted octanol–water partition coefficient (Wildman–Crippen LogP) is 2.95. The van der Waals surface area contributed by atoms with E-state index in [4.69, 9.17) is 0 Å².